The van der Waals surface area contributed by atoms with Crippen LogP contribution in [-0.4, -0.2) is 25.2 Å². The van der Waals surface area contributed by atoms with Crippen molar-refractivity contribution in [1.29, 1.82) is 0 Å². The van der Waals surface area contributed by atoms with Gasteiger partial charge in [0.05, 0.1) is 26.3 Å². The van der Waals surface area contributed by atoms with Gasteiger partial charge in [-0.25, -0.2) is 13.2 Å². The van der Waals surface area contributed by atoms with Crippen LogP contribution in [0.5, 0.6) is 0 Å². The maximum Gasteiger partial charge on any atom is 0.337 e. The topological polar surface area (TPSA) is 71.4 Å². The van der Waals surface area contributed by atoms with Gasteiger partial charge < -0.3 is 5.11 Å². The summed E-state index contributed by atoms with van der Waals surface area (Å²) in [5.41, 5.74) is 0.124. The second kappa shape index (κ2) is 5.30. The van der Waals surface area contributed by atoms with Crippen LogP contribution in [0.2, 0.25) is 10.0 Å². The minimum atomic E-state index is -3.72. The molecule has 0 amide bonds. The molecule has 0 heterocycles. The first-order chi connectivity index (χ1) is 8.15. The fraction of sp³-hybridized carbons (Fsp3) is 0.182. The minimum Gasteiger partial charge on any atom is -0.478 e. The summed E-state index contributed by atoms with van der Waals surface area (Å²) in [6, 6.07) is 2.07. The number of hydrogen-bond donors (Lipinski definition) is 1. The summed E-state index contributed by atoms with van der Waals surface area (Å²) in [7, 11) is -3.72. The van der Waals surface area contributed by atoms with Crippen molar-refractivity contribution in [2.75, 3.05) is 5.75 Å². The summed E-state index contributed by atoms with van der Waals surface area (Å²) in [4.78, 5) is 10.6. The van der Waals surface area contributed by atoms with E-state index in [1.807, 2.05) is 0 Å². The van der Waals surface area contributed by atoms with Gasteiger partial charge in [0.25, 0.3) is 0 Å². The van der Waals surface area contributed by atoms with Crippen LogP contribution < -0.4 is 0 Å². The number of rotatable bonds is 4. The van der Waals surface area contributed by atoms with E-state index in [2.05, 4.69) is 6.58 Å². The summed E-state index contributed by atoms with van der Waals surface area (Å²) in [6.07, 6.45) is 0. The Kier molecular flexibility index (Phi) is 4.42. The third-order valence-electron chi connectivity index (χ3n) is 2.02. The highest BCUT2D eigenvalue weighted by Gasteiger charge is 2.22. The Morgan fingerprint density at radius 3 is 2.33 bits per heavy atom. The maximum absolute atomic E-state index is 12.0. The van der Waals surface area contributed by atoms with Crippen molar-refractivity contribution in [3.8, 4) is 0 Å². The monoisotopic (exact) mass is 308 g/mol. The van der Waals surface area contributed by atoms with E-state index in [9.17, 15) is 13.2 Å². The molecule has 1 rings (SSSR count). The SMILES string of the molecule is C=C(C)CS(=O)(=O)c1cc(C(=O)O)c(Cl)cc1Cl. The third kappa shape index (κ3) is 3.25. The first-order valence-corrected chi connectivity index (χ1v) is 7.15. The highest BCUT2D eigenvalue weighted by atomic mass is 35.5. The van der Waals surface area contributed by atoms with Gasteiger partial charge in [0.15, 0.2) is 9.84 Å². The molecule has 0 fully saturated rings. The Balaban J connectivity index is 3.46. The van der Waals surface area contributed by atoms with E-state index in [1.54, 1.807) is 6.92 Å². The van der Waals surface area contributed by atoms with Crippen molar-refractivity contribution in [2.45, 2.75) is 11.8 Å². The average Bonchev–Trinajstić information content (AvgIpc) is 2.13. The zero-order valence-electron chi connectivity index (χ0n) is 9.41. The van der Waals surface area contributed by atoms with Crippen LogP contribution in [-0.2, 0) is 9.84 Å². The lowest BCUT2D eigenvalue weighted by atomic mass is 10.2. The molecule has 0 bridgehead atoms. The predicted molar refractivity (Wildman–Crippen MR) is 70.3 cm³/mol. The van der Waals surface area contributed by atoms with E-state index in [1.165, 1.54) is 0 Å². The summed E-state index contributed by atoms with van der Waals surface area (Å²) < 4.78 is 23.9. The van der Waals surface area contributed by atoms with Crippen LogP contribution in [0.3, 0.4) is 0 Å². The number of carboxylic acid groups (broad SMARTS) is 1. The summed E-state index contributed by atoms with van der Waals surface area (Å²) in [5, 5.41) is 8.67. The molecule has 0 atom stereocenters. The number of carbonyl (C=O) groups is 1. The van der Waals surface area contributed by atoms with Gasteiger partial charge in [0.1, 0.15) is 0 Å². The highest BCUT2D eigenvalue weighted by molar-refractivity contribution is 7.91. The molecule has 0 saturated heterocycles. The van der Waals surface area contributed by atoms with Crippen molar-refractivity contribution in [3.05, 3.63) is 39.9 Å². The fourth-order valence-corrected chi connectivity index (χ4v) is 3.61. The zero-order valence-corrected chi connectivity index (χ0v) is 11.7. The number of hydrogen-bond acceptors (Lipinski definition) is 3. The van der Waals surface area contributed by atoms with Gasteiger partial charge in [-0.05, 0) is 19.1 Å². The lowest BCUT2D eigenvalue weighted by Crippen LogP contribution is -2.10. The number of aromatic carboxylic acids is 1. The molecule has 98 valence electrons. The van der Waals surface area contributed by atoms with Gasteiger partial charge in [0, 0.05) is 0 Å². The summed E-state index contributed by atoms with van der Waals surface area (Å²) in [5.74, 6) is -1.61. The molecule has 18 heavy (non-hydrogen) atoms. The Morgan fingerprint density at radius 2 is 1.89 bits per heavy atom. The lowest BCUT2D eigenvalue weighted by molar-refractivity contribution is 0.0697. The number of carboxylic acids is 1. The van der Waals surface area contributed by atoms with E-state index in [0.717, 1.165) is 12.1 Å². The molecule has 4 nitrogen and oxygen atoms in total. The van der Waals surface area contributed by atoms with E-state index in [0.29, 0.717) is 5.57 Å². The van der Waals surface area contributed by atoms with E-state index >= 15 is 0 Å². The zero-order chi connectivity index (χ0) is 14.1. The van der Waals surface area contributed by atoms with Gasteiger partial charge in [-0.3, -0.25) is 0 Å². The largest absolute Gasteiger partial charge is 0.478 e. The molecule has 0 radical (unpaired) electrons. The molecular weight excluding hydrogens is 299 g/mol. The maximum atomic E-state index is 12.0. The number of sulfone groups is 1. The highest BCUT2D eigenvalue weighted by Crippen LogP contribution is 2.29. The van der Waals surface area contributed by atoms with E-state index in [4.69, 9.17) is 28.3 Å². The first kappa shape index (κ1) is 15.0. The van der Waals surface area contributed by atoms with Crippen LogP contribution in [0.4, 0.5) is 0 Å². The van der Waals surface area contributed by atoms with Crippen LogP contribution in [0.25, 0.3) is 0 Å². The van der Waals surface area contributed by atoms with Crippen molar-refractivity contribution >= 4 is 39.0 Å². The Labute approximate surface area is 115 Å². The Hall–Kier alpha value is -1.04. The van der Waals surface area contributed by atoms with Gasteiger partial charge in [-0.15, -0.1) is 0 Å². The quantitative estimate of drug-likeness (QED) is 0.868. The first-order valence-electron chi connectivity index (χ1n) is 4.74. The lowest BCUT2D eigenvalue weighted by Gasteiger charge is -2.08. The molecule has 1 N–H and O–H groups in total. The molecule has 0 aliphatic heterocycles. The smallest absolute Gasteiger partial charge is 0.337 e. The molecule has 1 aromatic carbocycles. The van der Waals surface area contributed by atoms with Gasteiger partial charge in [0.2, 0.25) is 0 Å². The van der Waals surface area contributed by atoms with E-state index in [-0.39, 0.29) is 26.3 Å². The Morgan fingerprint density at radius 1 is 1.33 bits per heavy atom. The predicted octanol–water partition coefficient (Wildman–Crippen LogP) is 3.04. The molecule has 0 aliphatic carbocycles. The molecule has 0 unspecified atom stereocenters. The van der Waals surface area contributed by atoms with Crippen LogP contribution in [0, 0.1) is 0 Å². The molecule has 0 saturated carbocycles. The van der Waals surface area contributed by atoms with Crippen molar-refractivity contribution in [2.24, 2.45) is 0 Å². The van der Waals surface area contributed by atoms with Crippen molar-refractivity contribution in [3.63, 3.8) is 0 Å². The van der Waals surface area contributed by atoms with Crippen LogP contribution in [0.1, 0.15) is 17.3 Å². The molecule has 0 aromatic heterocycles. The standard InChI is InChI=1S/C11H10Cl2O4S/c1-6(2)5-18(16,17)10-3-7(11(14)15)8(12)4-9(10)13/h3-4H,1,5H2,2H3,(H,14,15). The molecule has 7 heteroatoms. The van der Waals surface area contributed by atoms with Gasteiger partial charge >= 0.3 is 5.97 Å². The normalized spacial score (nSPS) is 11.3. The summed E-state index contributed by atoms with van der Waals surface area (Å²) in [6.45, 7) is 5.06. The van der Waals surface area contributed by atoms with Crippen LogP contribution in [0.15, 0.2) is 29.2 Å². The van der Waals surface area contributed by atoms with Gasteiger partial charge in [-0.1, -0.05) is 35.4 Å². The van der Waals surface area contributed by atoms with Crippen LogP contribution >= 0.6 is 23.2 Å². The third-order valence-corrected chi connectivity index (χ3v) is 4.64. The molecule has 0 aliphatic rings. The van der Waals surface area contributed by atoms with E-state index < -0.39 is 15.8 Å². The molecule has 0 spiro atoms. The second-order valence-electron chi connectivity index (χ2n) is 3.78. The number of halogens is 2. The number of benzene rings is 1. The fourth-order valence-electron chi connectivity index (χ4n) is 1.33. The second-order valence-corrected chi connectivity index (χ2v) is 6.56. The Bertz CT molecular complexity index is 620. The minimum absolute atomic E-state index is 0.105. The van der Waals surface area contributed by atoms with Gasteiger partial charge in [-0.2, -0.15) is 0 Å². The van der Waals surface area contributed by atoms with Crippen molar-refractivity contribution < 1.29 is 18.3 Å². The molecule has 1 aromatic rings. The van der Waals surface area contributed by atoms with Crippen molar-refractivity contribution in [1.82, 2.24) is 0 Å². The summed E-state index contributed by atoms with van der Waals surface area (Å²) >= 11 is 11.5. The molecular formula is C11H10Cl2O4S. The average molecular weight is 309 g/mol.